The minimum Gasteiger partial charge on any atom is -0.493 e. The molecule has 1 amide bonds. The number of thioether (sulfide) groups is 2. The standard InChI is InChI=1S/C14H19NO3S2/c1-17-11-5-3-4-6-12(11)18-9-14-15(7-8-20-14)13(16)10-19-2/h3-6,14H,7-10H2,1-2H3. The number of nitrogens with zero attached hydrogens (tertiary/aromatic N) is 1. The molecule has 1 aliphatic rings. The van der Waals surface area contributed by atoms with Crippen molar-refractivity contribution in [2.45, 2.75) is 5.37 Å². The maximum Gasteiger partial charge on any atom is 0.233 e. The van der Waals surface area contributed by atoms with Crippen LogP contribution >= 0.6 is 23.5 Å². The van der Waals surface area contributed by atoms with Crippen molar-refractivity contribution in [3.05, 3.63) is 24.3 Å². The number of rotatable bonds is 6. The monoisotopic (exact) mass is 313 g/mol. The van der Waals surface area contributed by atoms with Gasteiger partial charge in [-0.1, -0.05) is 12.1 Å². The summed E-state index contributed by atoms with van der Waals surface area (Å²) in [6.07, 6.45) is 1.95. The van der Waals surface area contributed by atoms with E-state index in [1.165, 1.54) is 0 Å². The normalized spacial score (nSPS) is 18.1. The van der Waals surface area contributed by atoms with E-state index in [0.29, 0.717) is 12.4 Å². The van der Waals surface area contributed by atoms with Gasteiger partial charge in [0.1, 0.15) is 12.0 Å². The van der Waals surface area contributed by atoms with Crippen molar-refractivity contribution in [2.24, 2.45) is 0 Å². The van der Waals surface area contributed by atoms with Crippen molar-refractivity contribution in [2.75, 3.05) is 38.0 Å². The van der Waals surface area contributed by atoms with Crippen molar-refractivity contribution in [3.8, 4) is 11.5 Å². The van der Waals surface area contributed by atoms with E-state index < -0.39 is 0 Å². The van der Waals surface area contributed by atoms with Gasteiger partial charge in [0.2, 0.25) is 5.91 Å². The predicted molar refractivity (Wildman–Crippen MR) is 84.8 cm³/mol. The van der Waals surface area contributed by atoms with Gasteiger partial charge in [0.05, 0.1) is 12.9 Å². The molecule has 1 aliphatic heterocycles. The van der Waals surface area contributed by atoms with Crippen LogP contribution in [0.5, 0.6) is 11.5 Å². The van der Waals surface area contributed by atoms with Crippen LogP contribution in [0.15, 0.2) is 24.3 Å². The maximum absolute atomic E-state index is 12.0. The fourth-order valence-corrected chi connectivity index (χ4v) is 3.60. The number of carbonyl (C=O) groups is 1. The molecule has 110 valence electrons. The minimum atomic E-state index is 0.0968. The van der Waals surface area contributed by atoms with Crippen molar-refractivity contribution in [3.63, 3.8) is 0 Å². The zero-order valence-electron chi connectivity index (χ0n) is 11.7. The number of methoxy groups -OCH3 is 1. The number of hydrogen-bond donors (Lipinski definition) is 0. The summed E-state index contributed by atoms with van der Waals surface area (Å²) < 4.78 is 11.1. The van der Waals surface area contributed by atoms with Gasteiger partial charge in [0.15, 0.2) is 11.5 Å². The number of carbonyl (C=O) groups excluding carboxylic acids is 1. The largest absolute Gasteiger partial charge is 0.493 e. The van der Waals surface area contributed by atoms with Gasteiger partial charge in [-0.3, -0.25) is 4.79 Å². The Morgan fingerprint density at radius 3 is 2.90 bits per heavy atom. The Kier molecular flexibility index (Phi) is 5.91. The first-order chi connectivity index (χ1) is 9.76. The van der Waals surface area contributed by atoms with Crippen LogP contribution in [0.1, 0.15) is 0 Å². The SMILES string of the molecule is COc1ccccc1OCC1SCCN1C(=O)CSC. The van der Waals surface area contributed by atoms with Crippen LogP contribution in [-0.4, -0.2) is 54.2 Å². The second-order valence-electron chi connectivity index (χ2n) is 4.31. The predicted octanol–water partition coefficient (Wildman–Crippen LogP) is 2.34. The summed E-state index contributed by atoms with van der Waals surface area (Å²) in [6.45, 7) is 1.30. The number of benzene rings is 1. The van der Waals surface area contributed by atoms with Crippen LogP contribution in [0.4, 0.5) is 0 Å². The molecule has 0 aromatic heterocycles. The lowest BCUT2D eigenvalue weighted by Crippen LogP contribution is -2.39. The van der Waals surface area contributed by atoms with Gasteiger partial charge in [0.25, 0.3) is 0 Å². The average molecular weight is 313 g/mol. The van der Waals surface area contributed by atoms with Crippen LogP contribution in [0.25, 0.3) is 0 Å². The molecule has 20 heavy (non-hydrogen) atoms. The third-order valence-corrected chi connectivity index (χ3v) is 4.76. The molecule has 1 atom stereocenters. The Labute approximate surface area is 128 Å². The second kappa shape index (κ2) is 7.69. The Morgan fingerprint density at radius 1 is 1.45 bits per heavy atom. The summed E-state index contributed by atoms with van der Waals surface area (Å²) in [7, 11) is 1.63. The highest BCUT2D eigenvalue weighted by atomic mass is 32.2. The topological polar surface area (TPSA) is 38.8 Å². The quantitative estimate of drug-likeness (QED) is 0.806. The fourth-order valence-electron chi connectivity index (χ4n) is 2.05. The van der Waals surface area contributed by atoms with Gasteiger partial charge >= 0.3 is 0 Å². The highest BCUT2D eigenvalue weighted by molar-refractivity contribution is 8.00. The lowest BCUT2D eigenvalue weighted by molar-refractivity contribution is -0.128. The first-order valence-corrected chi connectivity index (χ1v) is 8.86. The molecule has 1 unspecified atom stereocenters. The zero-order chi connectivity index (χ0) is 14.4. The molecule has 0 radical (unpaired) electrons. The van der Waals surface area contributed by atoms with Gasteiger partial charge in [-0.05, 0) is 18.4 Å². The minimum absolute atomic E-state index is 0.0968. The van der Waals surface area contributed by atoms with Crippen molar-refractivity contribution in [1.29, 1.82) is 0 Å². The number of ether oxygens (including phenoxy) is 2. The molecular weight excluding hydrogens is 294 g/mol. The molecule has 1 fully saturated rings. The maximum atomic E-state index is 12.0. The molecular formula is C14H19NO3S2. The van der Waals surface area contributed by atoms with Crippen LogP contribution in [-0.2, 0) is 4.79 Å². The van der Waals surface area contributed by atoms with E-state index in [2.05, 4.69) is 0 Å². The van der Waals surface area contributed by atoms with E-state index in [0.717, 1.165) is 23.8 Å². The van der Waals surface area contributed by atoms with Gasteiger partial charge in [-0.25, -0.2) is 0 Å². The number of hydrogen-bond acceptors (Lipinski definition) is 5. The first kappa shape index (κ1) is 15.4. The third-order valence-electron chi connectivity index (χ3n) is 3.03. The summed E-state index contributed by atoms with van der Waals surface area (Å²) in [6, 6.07) is 7.57. The summed E-state index contributed by atoms with van der Waals surface area (Å²) in [5.74, 6) is 3.14. The Hall–Kier alpha value is -1.01. The molecule has 0 N–H and O–H groups in total. The molecule has 1 aromatic rings. The fraction of sp³-hybridized carbons (Fsp3) is 0.500. The summed E-state index contributed by atoms with van der Waals surface area (Å²) >= 11 is 3.33. The molecule has 0 aliphatic carbocycles. The molecule has 1 aromatic carbocycles. The second-order valence-corrected chi connectivity index (χ2v) is 6.46. The van der Waals surface area contributed by atoms with E-state index in [1.54, 1.807) is 30.6 Å². The molecule has 6 heteroatoms. The molecule has 0 bridgehead atoms. The molecule has 0 spiro atoms. The molecule has 1 heterocycles. The lowest BCUT2D eigenvalue weighted by Gasteiger charge is -2.24. The Balaban J connectivity index is 1.94. The highest BCUT2D eigenvalue weighted by Gasteiger charge is 2.29. The smallest absolute Gasteiger partial charge is 0.233 e. The average Bonchev–Trinajstić information content (AvgIpc) is 2.94. The molecule has 2 rings (SSSR count). The van der Waals surface area contributed by atoms with Crippen LogP contribution in [0.2, 0.25) is 0 Å². The molecule has 4 nitrogen and oxygen atoms in total. The summed E-state index contributed by atoms with van der Waals surface area (Å²) in [4.78, 5) is 13.9. The molecule has 0 saturated carbocycles. The van der Waals surface area contributed by atoms with Crippen LogP contribution in [0, 0.1) is 0 Å². The lowest BCUT2D eigenvalue weighted by atomic mass is 10.3. The van der Waals surface area contributed by atoms with Gasteiger partial charge < -0.3 is 14.4 Å². The number of amides is 1. The number of para-hydroxylation sites is 2. The van der Waals surface area contributed by atoms with Gasteiger partial charge in [-0.2, -0.15) is 11.8 Å². The summed E-state index contributed by atoms with van der Waals surface area (Å²) in [5, 5.41) is 0.0968. The van der Waals surface area contributed by atoms with Crippen molar-refractivity contribution < 1.29 is 14.3 Å². The van der Waals surface area contributed by atoms with E-state index >= 15 is 0 Å². The van der Waals surface area contributed by atoms with Gasteiger partial charge in [-0.15, -0.1) is 11.8 Å². The summed E-state index contributed by atoms with van der Waals surface area (Å²) in [5.41, 5.74) is 0. The first-order valence-electron chi connectivity index (χ1n) is 6.42. The zero-order valence-corrected chi connectivity index (χ0v) is 13.3. The van der Waals surface area contributed by atoms with E-state index in [1.807, 2.05) is 35.4 Å². The van der Waals surface area contributed by atoms with Crippen LogP contribution in [0.3, 0.4) is 0 Å². The molecule has 1 saturated heterocycles. The Bertz CT molecular complexity index is 456. The van der Waals surface area contributed by atoms with Crippen LogP contribution < -0.4 is 9.47 Å². The van der Waals surface area contributed by atoms with Crippen molar-refractivity contribution >= 4 is 29.4 Å². The van der Waals surface area contributed by atoms with E-state index in [9.17, 15) is 4.79 Å². The third kappa shape index (κ3) is 3.76. The van der Waals surface area contributed by atoms with E-state index in [-0.39, 0.29) is 11.3 Å². The highest BCUT2D eigenvalue weighted by Crippen LogP contribution is 2.29. The van der Waals surface area contributed by atoms with Crippen molar-refractivity contribution in [1.82, 2.24) is 4.90 Å². The van der Waals surface area contributed by atoms with Gasteiger partial charge in [0, 0.05) is 12.3 Å². The van der Waals surface area contributed by atoms with E-state index in [4.69, 9.17) is 9.47 Å². The Morgan fingerprint density at radius 2 is 2.20 bits per heavy atom.